The molecule has 0 aliphatic carbocycles. The van der Waals surface area contributed by atoms with Crippen molar-refractivity contribution in [2.75, 3.05) is 0 Å². The Kier molecular flexibility index (Phi) is 2.46. The second kappa shape index (κ2) is 3.64. The van der Waals surface area contributed by atoms with Gasteiger partial charge in [0, 0.05) is 23.2 Å². The quantitative estimate of drug-likeness (QED) is 0.703. The number of aliphatic hydroxyl groups is 1. The molecule has 0 fully saturated rings. The Balaban J connectivity index is 2.59. The van der Waals surface area contributed by atoms with Crippen LogP contribution in [0.2, 0.25) is 0 Å². The summed E-state index contributed by atoms with van der Waals surface area (Å²) in [6, 6.07) is 4.37. The Labute approximate surface area is 86.7 Å². The molecule has 80 valence electrons. The molecule has 15 heavy (non-hydrogen) atoms. The highest BCUT2D eigenvalue weighted by Crippen LogP contribution is 2.26. The van der Waals surface area contributed by atoms with E-state index in [-0.39, 0.29) is 11.9 Å². The Morgan fingerprint density at radius 3 is 2.87 bits per heavy atom. The van der Waals surface area contributed by atoms with E-state index in [4.69, 9.17) is 5.73 Å². The van der Waals surface area contributed by atoms with Crippen molar-refractivity contribution in [3.63, 3.8) is 0 Å². The zero-order valence-corrected chi connectivity index (χ0v) is 8.37. The Morgan fingerprint density at radius 1 is 1.47 bits per heavy atom. The average molecular weight is 208 g/mol. The highest BCUT2D eigenvalue weighted by molar-refractivity contribution is 5.84. The number of aromatic amines is 1. The van der Waals surface area contributed by atoms with Crippen molar-refractivity contribution in [1.82, 2.24) is 4.98 Å². The van der Waals surface area contributed by atoms with Crippen LogP contribution in [0.5, 0.6) is 0 Å². The first kappa shape index (κ1) is 10.1. The highest BCUT2D eigenvalue weighted by atomic mass is 19.1. The second-order valence-electron chi connectivity index (χ2n) is 3.71. The molecule has 1 aromatic heterocycles. The first-order valence-electron chi connectivity index (χ1n) is 4.80. The van der Waals surface area contributed by atoms with Crippen LogP contribution in [-0.2, 0) is 0 Å². The molecular formula is C11H13FN2O. The molecule has 2 rings (SSSR count). The van der Waals surface area contributed by atoms with Gasteiger partial charge in [-0.1, -0.05) is 12.1 Å². The third-order valence-corrected chi connectivity index (χ3v) is 2.51. The monoisotopic (exact) mass is 208 g/mol. The van der Waals surface area contributed by atoms with E-state index in [0.717, 1.165) is 0 Å². The van der Waals surface area contributed by atoms with E-state index in [1.807, 2.05) is 0 Å². The molecule has 0 saturated carbocycles. The maximum atomic E-state index is 13.3. The van der Waals surface area contributed by atoms with Crippen LogP contribution in [-0.4, -0.2) is 16.1 Å². The van der Waals surface area contributed by atoms with Crippen LogP contribution in [0.4, 0.5) is 4.39 Å². The number of aliphatic hydroxyl groups excluding tert-OH is 1. The van der Waals surface area contributed by atoms with Gasteiger partial charge in [-0.25, -0.2) is 4.39 Å². The molecule has 1 aromatic carbocycles. The molecule has 0 aliphatic rings. The normalized spacial score (nSPS) is 15.5. The van der Waals surface area contributed by atoms with Crippen LogP contribution in [0, 0.1) is 5.82 Å². The molecule has 0 amide bonds. The van der Waals surface area contributed by atoms with E-state index in [2.05, 4.69) is 4.98 Å². The fourth-order valence-electron chi connectivity index (χ4n) is 1.67. The van der Waals surface area contributed by atoms with Gasteiger partial charge in [-0.3, -0.25) is 0 Å². The number of rotatable bonds is 2. The van der Waals surface area contributed by atoms with Gasteiger partial charge in [-0.15, -0.1) is 0 Å². The highest BCUT2D eigenvalue weighted by Gasteiger charge is 2.17. The van der Waals surface area contributed by atoms with Crippen LogP contribution in [0.3, 0.4) is 0 Å². The smallest absolute Gasteiger partial charge is 0.147 e. The predicted octanol–water partition coefficient (Wildman–Crippen LogP) is 1.69. The van der Waals surface area contributed by atoms with Gasteiger partial charge in [0.1, 0.15) is 5.82 Å². The average Bonchev–Trinajstić information content (AvgIpc) is 2.61. The molecule has 0 spiro atoms. The summed E-state index contributed by atoms with van der Waals surface area (Å²) in [7, 11) is 0. The summed E-state index contributed by atoms with van der Waals surface area (Å²) in [5.41, 5.74) is 6.65. The lowest BCUT2D eigenvalue weighted by atomic mass is 10.0. The number of aromatic nitrogens is 1. The molecule has 2 atom stereocenters. The molecule has 0 bridgehead atoms. The first-order chi connectivity index (χ1) is 7.11. The molecule has 0 saturated heterocycles. The maximum Gasteiger partial charge on any atom is 0.147 e. The number of hydrogen-bond donors (Lipinski definition) is 3. The third kappa shape index (κ3) is 1.62. The molecule has 4 N–H and O–H groups in total. The van der Waals surface area contributed by atoms with Crippen LogP contribution >= 0.6 is 0 Å². The lowest BCUT2D eigenvalue weighted by Gasteiger charge is -2.13. The molecule has 2 aromatic rings. The maximum absolute atomic E-state index is 13.3. The predicted molar refractivity (Wildman–Crippen MR) is 56.9 cm³/mol. The fourth-order valence-corrected chi connectivity index (χ4v) is 1.67. The zero-order chi connectivity index (χ0) is 11.0. The number of hydrogen-bond acceptors (Lipinski definition) is 2. The number of halogens is 1. The molecule has 0 radical (unpaired) electrons. The molecular weight excluding hydrogens is 195 g/mol. The Morgan fingerprint density at radius 2 is 2.20 bits per heavy atom. The van der Waals surface area contributed by atoms with Crippen molar-refractivity contribution in [3.05, 3.63) is 35.8 Å². The van der Waals surface area contributed by atoms with Gasteiger partial charge in [0.15, 0.2) is 0 Å². The molecule has 1 heterocycles. The van der Waals surface area contributed by atoms with Crippen LogP contribution < -0.4 is 5.73 Å². The minimum absolute atomic E-state index is 0.323. The summed E-state index contributed by atoms with van der Waals surface area (Å²) in [6.45, 7) is 1.71. The molecule has 0 aliphatic heterocycles. The van der Waals surface area contributed by atoms with Crippen LogP contribution in [0.1, 0.15) is 18.6 Å². The first-order valence-corrected chi connectivity index (χ1v) is 4.80. The number of fused-ring (bicyclic) bond motifs is 1. The number of H-pyrrole nitrogens is 1. The van der Waals surface area contributed by atoms with Crippen molar-refractivity contribution in [1.29, 1.82) is 0 Å². The largest absolute Gasteiger partial charge is 0.387 e. The van der Waals surface area contributed by atoms with Gasteiger partial charge in [-0.05, 0) is 13.0 Å². The van der Waals surface area contributed by atoms with Crippen LogP contribution in [0.25, 0.3) is 10.9 Å². The van der Waals surface area contributed by atoms with E-state index in [0.29, 0.717) is 16.5 Å². The van der Waals surface area contributed by atoms with E-state index in [1.165, 1.54) is 6.07 Å². The SMILES string of the molecule is CC(N)C(O)c1c[nH]c2c(F)cccc12. The van der Waals surface area contributed by atoms with Crippen LogP contribution in [0.15, 0.2) is 24.4 Å². The molecule has 2 unspecified atom stereocenters. The summed E-state index contributed by atoms with van der Waals surface area (Å²) >= 11 is 0. The van der Waals surface area contributed by atoms with Gasteiger partial charge < -0.3 is 15.8 Å². The van der Waals surface area contributed by atoms with Crippen molar-refractivity contribution in [3.8, 4) is 0 Å². The number of para-hydroxylation sites is 1. The van der Waals surface area contributed by atoms with Gasteiger partial charge in [0.2, 0.25) is 0 Å². The standard InChI is InChI=1S/C11H13FN2O/c1-6(13)11(15)8-5-14-10-7(8)3-2-4-9(10)12/h2-6,11,14-15H,13H2,1H3. The van der Waals surface area contributed by atoms with Gasteiger partial charge in [-0.2, -0.15) is 0 Å². The van der Waals surface area contributed by atoms with E-state index in [9.17, 15) is 9.50 Å². The number of nitrogens with one attached hydrogen (secondary N) is 1. The van der Waals surface area contributed by atoms with Crippen molar-refractivity contribution in [2.24, 2.45) is 5.73 Å². The number of benzene rings is 1. The summed E-state index contributed by atoms with van der Waals surface area (Å²) in [5.74, 6) is -0.323. The van der Waals surface area contributed by atoms with Crippen molar-refractivity contribution in [2.45, 2.75) is 19.1 Å². The van der Waals surface area contributed by atoms with E-state index in [1.54, 1.807) is 25.3 Å². The minimum atomic E-state index is -0.777. The van der Waals surface area contributed by atoms with Gasteiger partial charge >= 0.3 is 0 Å². The lowest BCUT2D eigenvalue weighted by molar-refractivity contribution is 0.155. The molecule has 4 heteroatoms. The fraction of sp³-hybridized carbons (Fsp3) is 0.273. The number of nitrogens with two attached hydrogens (primary N) is 1. The van der Waals surface area contributed by atoms with Crippen molar-refractivity contribution >= 4 is 10.9 Å². The van der Waals surface area contributed by atoms with Gasteiger partial charge in [0.05, 0.1) is 11.6 Å². The minimum Gasteiger partial charge on any atom is -0.387 e. The summed E-state index contributed by atoms with van der Waals surface area (Å²) < 4.78 is 13.3. The van der Waals surface area contributed by atoms with Gasteiger partial charge in [0.25, 0.3) is 0 Å². The van der Waals surface area contributed by atoms with Crippen molar-refractivity contribution < 1.29 is 9.50 Å². The topological polar surface area (TPSA) is 62.0 Å². The Hall–Kier alpha value is -1.39. The summed E-state index contributed by atoms with van der Waals surface area (Å²) in [5, 5.41) is 10.5. The second-order valence-corrected chi connectivity index (χ2v) is 3.71. The van der Waals surface area contributed by atoms with E-state index >= 15 is 0 Å². The summed E-state index contributed by atoms with van der Waals surface area (Å²) in [6.07, 6.45) is 0.822. The zero-order valence-electron chi connectivity index (χ0n) is 8.37. The Bertz CT molecular complexity index is 478. The lowest BCUT2D eigenvalue weighted by Crippen LogP contribution is -2.24. The summed E-state index contributed by atoms with van der Waals surface area (Å²) in [4.78, 5) is 2.80. The third-order valence-electron chi connectivity index (χ3n) is 2.51. The van der Waals surface area contributed by atoms with E-state index < -0.39 is 6.10 Å². The molecule has 3 nitrogen and oxygen atoms in total.